The molecule has 2 aliphatic rings. The monoisotopic (exact) mass is 375 g/mol. The summed E-state index contributed by atoms with van der Waals surface area (Å²) in [4.78, 5) is 27.8. The molecule has 1 N–H and O–H groups in total. The topological polar surface area (TPSA) is 84.6 Å². The van der Waals surface area contributed by atoms with E-state index in [2.05, 4.69) is 0 Å². The highest BCUT2D eigenvalue weighted by Crippen LogP contribution is 2.44. The van der Waals surface area contributed by atoms with Gasteiger partial charge in [0.25, 0.3) is 5.91 Å². The Hall–Kier alpha value is -1.82. The molecule has 0 bridgehead atoms. The molecule has 3 amide bonds. The molecule has 1 heterocycles. The average molecular weight is 375 g/mol. The van der Waals surface area contributed by atoms with Crippen molar-refractivity contribution < 1.29 is 27.9 Å². The zero-order chi connectivity index (χ0) is 19.7. The van der Waals surface area contributed by atoms with Crippen LogP contribution in [0, 0.1) is 23.2 Å². The van der Waals surface area contributed by atoms with Gasteiger partial charge < -0.3 is 10.0 Å². The van der Waals surface area contributed by atoms with Crippen molar-refractivity contribution >= 4 is 11.9 Å². The molecule has 9 heteroatoms. The van der Waals surface area contributed by atoms with Crippen LogP contribution in [-0.2, 0) is 4.79 Å². The lowest BCUT2D eigenvalue weighted by molar-refractivity contribution is -0.195. The number of carbonyl (C=O) groups excluding carboxylic acids is 2. The predicted octanol–water partition coefficient (Wildman–Crippen LogP) is 2.67. The molecule has 3 atom stereocenters. The number of nitriles is 1. The van der Waals surface area contributed by atoms with E-state index >= 15 is 0 Å². The molecule has 0 aromatic rings. The summed E-state index contributed by atoms with van der Waals surface area (Å²) in [5, 5.41) is 17.9. The van der Waals surface area contributed by atoms with Crippen molar-refractivity contribution in [2.24, 2.45) is 11.8 Å². The molecule has 0 radical (unpaired) electrons. The van der Waals surface area contributed by atoms with Gasteiger partial charge in [-0.05, 0) is 46.0 Å². The number of urea groups is 1. The second-order valence-electron chi connectivity index (χ2n) is 7.45. The van der Waals surface area contributed by atoms with E-state index in [-0.39, 0.29) is 26.0 Å². The summed E-state index contributed by atoms with van der Waals surface area (Å²) in [6.45, 7) is 3.37. The number of carbonyl (C=O) groups is 2. The molecule has 0 aromatic carbocycles. The van der Waals surface area contributed by atoms with Crippen LogP contribution in [0.5, 0.6) is 0 Å². The third-order valence-electron chi connectivity index (χ3n) is 5.42. The van der Waals surface area contributed by atoms with Gasteiger partial charge in [-0.3, -0.25) is 9.69 Å². The summed E-state index contributed by atoms with van der Waals surface area (Å²) in [7, 11) is 0. The van der Waals surface area contributed by atoms with Gasteiger partial charge in [-0.25, -0.2) is 4.79 Å². The fourth-order valence-corrected chi connectivity index (χ4v) is 3.84. The summed E-state index contributed by atoms with van der Waals surface area (Å²) >= 11 is 0. The maximum atomic E-state index is 13.3. The highest BCUT2D eigenvalue weighted by Gasteiger charge is 2.56. The Morgan fingerprint density at radius 2 is 1.92 bits per heavy atom. The number of nitrogens with zero attached hydrogens (tertiary/aromatic N) is 3. The van der Waals surface area contributed by atoms with Crippen LogP contribution in [0.1, 0.15) is 46.0 Å². The summed E-state index contributed by atoms with van der Waals surface area (Å²) in [6.07, 6.45) is -3.80. The Balaban J connectivity index is 2.21. The standard InChI is InChI=1S/C17H24F3N3O3/c1-16(2)14(25)23(15(26)22(16)7-3-4-8-24)12-6-5-11(10-21)13(9-12)17(18,19)20/h11-13,24H,3-9H2,1-2H3. The molecular weight excluding hydrogens is 351 g/mol. The van der Waals surface area contributed by atoms with Crippen LogP contribution in [0.3, 0.4) is 0 Å². The van der Waals surface area contributed by atoms with Crippen molar-refractivity contribution in [3.63, 3.8) is 0 Å². The smallest absolute Gasteiger partial charge is 0.393 e. The van der Waals surface area contributed by atoms with Crippen LogP contribution in [0.15, 0.2) is 0 Å². The van der Waals surface area contributed by atoms with E-state index in [0.717, 1.165) is 4.90 Å². The van der Waals surface area contributed by atoms with Crippen LogP contribution >= 0.6 is 0 Å². The van der Waals surface area contributed by atoms with E-state index in [4.69, 9.17) is 10.4 Å². The Morgan fingerprint density at radius 1 is 1.27 bits per heavy atom. The average Bonchev–Trinajstić information content (AvgIpc) is 2.73. The van der Waals surface area contributed by atoms with Crippen molar-refractivity contribution in [1.82, 2.24) is 9.80 Å². The van der Waals surface area contributed by atoms with Gasteiger partial charge in [-0.15, -0.1) is 0 Å². The van der Waals surface area contributed by atoms with Crippen LogP contribution in [-0.4, -0.2) is 57.8 Å². The molecule has 1 saturated heterocycles. The molecular formula is C17H24F3N3O3. The third-order valence-corrected chi connectivity index (χ3v) is 5.42. The Morgan fingerprint density at radius 3 is 2.46 bits per heavy atom. The van der Waals surface area contributed by atoms with Crippen LogP contribution in [0.4, 0.5) is 18.0 Å². The first-order chi connectivity index (χ1) is 12.1. The first-order valence-corrected chi connectivity index (χ1v) is 8.78. The van der Waals surface area contributed by atoms with Gasteiger partial charge in [0, 0.05) is 19.2 Å². The number of alkyl halides is 3. The molecule has 3 unspecified atom stereocenters. The quantitative estimate of drug-likeness (QED) is 0.591. The second kappa shape index (κ2) is 7.43. The van der Waals surface area contributed by atoms with E-state index in [9.17, 15) is 22.8 Å². The summed E-state index contributed by atoms with van der Waals surface area (Å²) in [5.74, 6) is -3.49. The summed E-state index contributed by atoms with van der Waals surface area (Å²) in [5.41, 5.74) is -1.13. The Kier molecular flexibility index (Phi) is 5.85. The van der Waals surface area contributed by atoms with E-state index in [1.54, 1.807) is 19.9 Å². The third kappa shape index (κ3) is 3.65. The minimum atomic E-state index is -4.54. The number of hydrogen-bond acceptors (Lipinski definition) is 4. The lowest BCUT2D eigenvalue weighted by Crippen LogP contribution is -2.48. The zero-order valence-electron chi connectivity index (χ0n) is 14.9. The largest absolute Gasteiger partial charge is 0.396 e. The number of rotatable bonds is 5. The molecule has 1 aliphatic carbocycles. The van der Waals surface area contributed by atoms with Crippen LogP contribution in [0.25, 0.3) is 0 Å². The molecule has 2 rings (SSSR count). The highest BCUT2D eigenvalue weighted by atomic mass is 19.4. The SMILES string of the molecule is CC1(C)C(=O)N(C2CCC(C#N)C(C(F)(F)F)C2)C(=O)N1CCCCO. The number of aliphatic hydroxyl groups excluding tert-OH is 1. The Labute approximate surface area is 150 Å². The summed E-state index contributed by atoms with van der Waals surface area (Å²) in [6, 6.07) is 0.274. The fraction of sp³-hybridized carbons (Fsp3) is 0.824. The minimum absolute atomic E-state index is 0.00729. The maximum Gasteiger partial charge on any atom is 0.393 e. The molecule has 2 fully saturated rings. The van der Waals surface area contributed by atoms with Crippen molar-refractivity contribution in [2.75, 3.05) is 13.2 Å². The number of hydrogen-bond donors (Lipinski definition) is 1. The first kappa shape index (κ1) is 20.5. The lowest BCUT2D eigenvalue weighted by atomic mass is 9.76. The van der Waals surface area contributed by atoms with Gasteiger partial charge in [-0.2, -0.15) is 18.4 Å². The van der Waals surface area contributed by atoms with Crippen molar-refractivity contribution in [2.45, 2.75) is 63.7 Å². The van der Waals surface area contributed by atoms with E-state index < -0.39 is 48.0 Å². The molecule has 1 aliphatic heterocycles. The molecule has 0 spiro atoms. The fourth-order valence-electron chi connectivity index (χ4n) is 3.84. The predicted molar refractivity (Wildman–Crippen MR) is 85.6 cm³/mol. The number of imide groups is 1. The van der Waals surface area contributed by atoms with Gasteiger partial charge in [0.05, 0.1) is 17.9 Å². The van der Waals surface area contributed by atoms with E-state index in [0.29, 0.717) is 12.8 Å². The molecule has 1 saturated carbocycles. The van der Waals surface area contributed by atoms with Crippen molar-refractivity contribution in [3.8, 4) is 6.07 Å². The van der Waals surface area contributed by atoms with Gasteiger partial charge in [-0.1, -0.05) is 0 Å². The highest BCUT2D eigenvalue weighted by molar-refractivity contribution is 6.06. The number of amides is 3. The number of aliphatic hydroxyl groups is 1. The van der Waals surface area contributed by atoms with E-state index in [1.807, 2.05) is 0 Å². The van der Waals surface area contributed by atoms with Gasteiger partial charge in [0.15, 0.2) is 0 Å². The Bertz CT molecular complexity index is 600. The molecule has 6 nitrogen and oxygen atoms in total. The van der Waals surface area contributed by atoms with Crippen molar-refractivity contribution in [1.29, 1.82) is 5.26 Å². The van der Waals surface area contributed by atoms with Gasteiger partial charge in [0.1, 0.15) is 5.54 Å². The van der Waals surface area contributed by atoms with Gasteiger partial charge in [0.2, 0.25) is 0 Å². The van der Waals surface area contributed by atoms with Crippen molar-refractivity contribution in [3.05, 3.63) is 0 Å². The minimum Gasteiger partial charge on any atom is -0.396 e. The lowest BCUT2D eigenvalue weighted by Gasteiger charge is -2.37. The second-order valence-corrected chi connectivity index (χ2v) is 7.45. The van der Waals surface area contributed by atoms with Gasteiger partial charge >= 0.3 is 12.2 Å². The molecule has 146 valence electrons. The number of halogens is 3. The number of unbranched alkanes of at least 4 members (excludes halogenated alkanes) is 1. The zero-order valence-corrected chi connectivity index (χ0v) is 14.9. The normalized spacial score (nSPS) is 29.2. The maximum absolute atomic E-state index is 13.3. The van der Waals surface area contributed by atoms with Crippen LogP contribution in [0.2, 0.25) is 0 Å². The molecule has 0 aromatic heterocycles. The summed E-state index contributed by atoms with van der Waals surface area (Å²) < 4.78 is 39.9. The van der Waals surface area contributed by atoms with E-state index in [1.165, 1.54) is 4.90 Å². The van der Waals surface area contributed by atoms with Crippen LogP contribution < -0.4 is 0 Å². The molecule has 26 heavy (non-hydrogen) atoms. The first-order valence-electron chi connectivity index (χ1n) is 8.78.